The van der Waals surface area contributed by atoms with Crippen LogP contribution in [0.5, 0.6) is 0 Å². The summed E-state index contributed by atoms with van der Waals surface area (Å²) in [5.41, 5.74) is 1.06. The van der Waals surface area contributed by atoms with Gasteiger partial charge >= 0.3 is 0 Å². The van der Waals surface area contributed by atoms with Gasteiger partial charge in [0.15, 0.2) is 0 Å². The second-order valence-electron chi connectivity index (χ2n) is 3.41. The van der Waals surface area contributed by atoms with Gasteiger partial charge < -0.3 is 5.32 Å². The SMILES string of the molecule is O=C(NCc1ccc(Br)cc1)c1ccc(Cl)s1. The molecule has 17 heavy (non-hydrogen) atoms. The first-order valence-corrected chi connectivity index (χ1v) is 6.92. The van der Waals surface area contributed by atoms with Crippen LogP contribution in [0.4, 0.5) is 0 Å². The van der Waals surface area contributed by atoms with Crippen LogP contribution in [0.3, 0.4) is 0 Å². The minimum atomic E-state index is -0.0928. The summed E-state index contributed by atoms with van der Waals surface area (Å²) in [5.74, 6) is -0.0928. The van der Waals surface area contributed by atoms with Gasteiger partial charge in [-0.05, 0) is 29.8 Å². The third kappa shape index (κ3) is 3.56. The number of rotatable bonds is 3. The van der Waals surface area contributed by atoms with E-state index in [1.165, 1.54) is 11.3 Å². The Morgan fingerprint density at radius 3 is 2.53 bits per heavy atom. The predicted octanol–water partition coefficient (Wildman–Crippen LogP) is 4.09. The number of thiophene rings is 1. The van der Waals surface area contributed by atoms with Crippen molar-refractivity contribution in [1.29, 1.82) is 0 Å². The Hall–Kier alpha value is -0.840. The average molecular weight is 331 g/mol. The zero-order valence-corrected chi connectivity index (χ0v) is 11.9. The van der Waals surface area contributed by atoms with E-state index in [1.807, 2.05) is 24.3 Å². The minimum absolute atomic E-state index is 0.0928. The molecular weight excluding hydrogens is 322 g/mol. The van der Waals surface area contributed by atoms with E-state index in [-0.39, 0.29) is 5.91 Å². The molecule has 0 bridgehead atoms. The van der Waals surface area contributed by atoms with Gasteiger partial charge in [0.25, 0.3) is 5.91 Å². The zero-order valence-electron chi connectivity index (χ0n) is 8.74. The molecular formula is C12H9BrClNOS. The first kappa shape index (κ1) is 12.6. The number of carbonyl (C=O) groups excluding carboxylic acids is 1. The normalized spacial score (nSPS) is 10.2. The number of halogens is 2. The highest BCUT2D eigenvalue weighted by Crippen LogP contribution is 2.21. The zero-order chi connectivity index (χ0) is 12.3. The topological polar surface area (TPSA) is 29.1 Å². The van der Waals surface area contributed by atoms with Crippen LogP contribution in [-0.4, -0.2) is 5.91 Å². The molecule has 0 aliphatic carbocycles. The van der Waals surface area contributed by atoms with Crippen molar-refractivity contribution in [3.05, 3.63) is 55.6 Å². The van der Waals surface area contributed by atoms with Crippen molar-refractivity contribution >= 4 is 44.8 Å². The van der Waals surface area contributed by atoms with Crippen molar-refractivity contribution in [3.63, 3.8) is 0 Å². The number of nitrogens with one attached hydrogen (secondary N) is 1. The fourth-order valence-corrected chi connectivity index (χ4v) is 2.53. The van der Waals surface area contributed by atoms with Gasteiger partial charge in [0.1, 0.15) is 0 Å². The van der Waals surface area contributed by atoms with Crippen LogP contribution in [0.1, 0.15) is 15.2 Å². The molecule has 0 saturated heterocycles. The highest BCUT2D eigenvalue weighted by molar-refractivity contribution is 9.10. The summed E-state index contributed by atoms with van der Waals surface area (Å²) >= 11 is 10.4. The van der Waals surface area contributed by atoms with E-state index in [4.69, 9.17) is 11.6 Å². The van der Waals surface area contributed by atoms with Crippen LogP contribution in [0.2, 0.25) is 4.34 Å². The van der Waals surface area contributed by atoms with Crippen LogP contribution in [0.25, 0.3) is 0 Å². The van der Waals surface area contributed by atoms with E-state index in [2.05, 4.69) is 21.2 Å². The molecule has 1 aromatic heterocycles. The fourth-order valence-electron chi connectivity index (χ4n) is 1.31. The molecule has 1 amide bonds. The predicted molar refractivity (Wildman–Crippen MR) is 74.6 cm³/mol. The molecule has 0 saturated carbocycles. The maximum Gasteiger partial charge on any atom is 0.261 e. The van der Waals surface area contributed by atoms with Crippen molar-refractivity contribution in [2.24, 2.45) is 0 Å². The highest BCUT2D eigenvalue weighted by atomic mass is 79.9. The van der Waals surface area contributed by atoms with E-state index in [9.17, 15) is 4.79 Å². The molecule has 1 aromatic carbocycles. The van der Waals surface area contributed by atoms with Crippen LogP contribution in [0.15, 0.2) is 40.9 Å². The summed E-state index contributed by atoms with van der Waals surface area (Å²) in [6.45, 7) is 0.516. The number of amides is 1. The van der Waals surface area contributed by atoms with E-state index < -0.39 is 0 Å². The lowest BCUT2D eigenvalue weighted by atomic mass is 10.2. The van der Waals surface area contributed by atoms with Gasteiger partial charge in [-0.2, -0.15) is 0 Å². The number of hydrogen-bond donors (Lipinski definition) is 1. The van der Waals surface area contributed by atoms with Gasteiger partial charge in [0.05, 0.1) is 9.21 Å². The Bertz CT molecular complexity index is 524. The maximum absolute atomic E-state index is 11.7. The van der Waals surface area contributed by atoms with Gasteiger partial charge in [-0.15, -0.1) is 11.3 Å². The minimum Gasteiger partial charge on any atom is -0.347 e. The molecule has 0 fully saturated rings. The van der Waals surface area contributed by atoms with Crippen LogP contribution in [0, 0.1) is 0 Å². The summed E-state index contributed by atoms with van der Waals surface area (Å²) in [5, 5.41) is 2.85. The van der Waals surface area contributed by atoms with Crippen molar-refractivity contribution in [2.45, 2.75) is 6.54 Å². The summed E-state index contributed by atoms with van der Waals surface area (Å²) in [4.78, 5) is 12.4. The quantitative estimate of drug-likeness (QED) is 0.902. The lowest BCUT2D eigenvalue weighted by Crippen LogP contribution is -2.21. The molecule has 2 aromatic rings. The van der Waals surface area contributed by atoms with Gasteiger partial charge in [-0.25, -0.2) is 0 Å². The molecule has 0 atom stereocenters. The molecule has 1 heterocycles. The molecule has 0 aliphatic heterocycles. The molecule has 2 rings (SSSR count). The van der Waals surface area contributed by atoms with Crippen molar-refractivity contribution in [2.75, 3.05) is 0 Å². The smallest absolute Gasteiger partial charge is 0.261 e. The summed E-state index contributed by atoms with van der Waals surface area (Å²) in [7, 11) is 0. The number of hydrogen-bond acceptors (Lipinski definition) is 2. The first-order chi connectivity index (χ1) is 8.15. The summed E-state index contributed by atoms with van der Waals surface area (Å²) in [6.07, 6.45) is 0. The van der Waals surface area contributed by atoms with Crippen LogP contribution >= 0.6 is 38.9 Å². The second kappa shape index (κ2) is 5.67. The lowest BCUT2D eigenvalue weighted by Gasteiger charge is -2.03. The molecule has 0 aliphatic rings. The molecule has 1 N–H and O–H groups in total. The van der Waals surface area contributed by atoms with E-state index in [0.29, 0.717) is 15.8 Å². The standard InChI is InChI=1S/C12H9BrClNOS/c13-9-3-1-8(2-4-9)7-15-12(16)10-5-6-11(14)17-10/h1-6H,7H2,(H,15,16). The van der Waals surface area contributed by atoms with Gasteiger partial charge in [-0.1, -0.05) is 39.7 Å². The molecule has 0 radical (unpaired) electrons. The van der Waals surface area contributed by atoms with Gasteiger partial charge in [-0.3, -0.25) is 4.79 Å². The summed E-state index contributed by atoms with van der Waals surface area (Å²) in [6, 6.07) is 11.3. The largest absolute Gasteiger partial charge is 0.347 e. The average Bonchev–Trinajstić information content (AvgIpc) is 2.75. The van der Waals surface area contributed by atoms with Crippen LogP contribution < -0.4 is 5.32 Å². The van der Waals surface area contributed by atoms with Crippen molar-refractivity contribution < 1.29 is 4.79 Å². The Morgan fingerprint density at radius 1 is 1.24 bits per heavy atom. The van der Waals surface area contributed by atoms with Gasteiger partial charge in [0.2, 0.25) is 0 Å². The molecule has 0 spiro atoms. The number of benzene rings is 1. The van der Waals surface area contributed by atoms with Crippen molar-refractivity contribution in [1.82, 2.24) is 5.32 Å². The van der Waals surface area contributed by atoms with Crippen molar-refractivity contribution in [3.8, 4) is 0 Å². The molecule has 0 unspecified atom stereocenters. The van der Waals surface area contributed by atoms with E-state index in [0.717, 1.165) is 10.0 Å². The van der Waals surface area contributed by atoms with Crippen LogP contribution in [-0.2, 0) is 6.54 Å². The Morgan fingerprint density at radius 2 is 1.94 bits per heavy atom. The monoisotopic (exact) mass is 329 g/mol. The Balaban J connectivity index is 1.94. The van der Waals surface area contributed by atoms with Gasteiger partial charge in [0, 0.05) is 11.0 Å². The number of carbonyl (C=O) groups is 1. The Labute approximate surface area is 117 Å². The third-order valence-corrected chi connectivity index (χ3v) is 3.92. The lowest BCUT2D eigenvalue weighted by molar-refractivity contribution is 0.0955. The third-order valence-electron chi connectivity index (χ3n) is 2.16. The molecule has 5 heteroatoms. The molecule has 2 nitrogen and oxygen atoms in total. The Kier molecular flexibility index (Phi) is 4.20. The van der Waals surface area contributed by atoms with E-state index >= 15 is 0 Å². The maximum atomic E-state index is 11.7. The summed E-state index contributed by atoms with van der Waals surface area (Å²) < 4.78 is 1.65. The fraction of sp³-hybridized carbons (Fsp3) is 0.0833. The highest BCUT2D eigenvalue weighted by Gasteiger charge is 2.07. The second-order valence-corrected chi connectivity index (χ2v) is 6.04. The van der Waals surface area contributed by atoms with E-state index in [1.54, 1.807) is 12.1 Å². The first-order valence-electron chi connectivity index (χ1n) is 4.93. The molecule has 88 valence electrons.